The van der Waals surface area contributed by atoms with Crippen LogP contribution in [0.25, 0.3) is 0 Å². The van der Waals surface area contributed by atoms with E-state index < -0.39 is 29.3 Å². The number of nitrogens with one attached hydrogen (secondary N) is 1. The fourth-order valence-electron chi connectivity index (χ4n) is 1.15. The first-order valence-corrected chi connectivity index (χ1v) is 5.12. The van der Waals surface area contributed by atoms with Crippen LogP contribution in [0.5, 0.6) is 0 Å². The summed E-state index contributed by atoms with van der Waals surface area (Å²) < 4.78 is 42.6. The highest BCUT2D eigenvalue weighted by molar-refractivity contribution is 5.85. The molecule has 0 saturated heterocycles. The summed E-state index contributed by atoms with van der Waals surface area (Å²) in [6.07, 6.45) is -4.59. The molecule has 0 atom stereocenters. The van der Waals surface area contributed by atoms with Gasteiger partial charge in [0.15, 0.2) is 5.69 Å². The molecule has 0 spiro atoms. The zero-order valence-electron chi connectivity index (χ0n) is 10.1. The molecule has 0 radical (unpaired) electrons. The number of carbonyl (C=O) groups excluding carboxylic acids is 1. The van der Waals surface area contributed by atoms with Crippen LogP contribution in [0.3, 0.4) is 0 Å². The molecular formula is C11H13F3N2O2. The number of nitrogens with zero attached hydrogens (tertiary/aromatic N) is 1. The van der Waals surface area contributed by atoms with Crippen molar-refractivity contribution >= 4 is 11.8 Å². The van der Waals surface area contributed by atoms with Gasteiger partial charge in [-0.05, 0) is 32.9 Å². The maximum atomic E-state index is 12.6. The van der Waals surface area contributed by atoms with Gasteiger partial charge in [0.2, 0.25) is 0 Å². The van der Waals surface area contributed by atoms with E-state index >= 15 is 0 Å². The third-order valence-corrected chi connectivity index (χ3v) is 1.71. The molecule has 1 N–H and O–H groups in total. The number of halogens is 3. The zero-order valence-corrected chi connectivity index (χ0v) is 10.1. The number of hydrogen-bond donors (Lipinski definition) is 1. The summed E-state index contributed by atoms with van der Waals surface area (Å²) in [5, 5.41) is 2.03. The molecule has 0 unspecified atom stereocenters. The van der Waals surface area contributed by atoms with Crippen molar-refractivity contribution < 1.29 is 22.7 Å². The minimum absolute atomic E-state index is 0.431. The number of carbonyl (C=O) groups is 1. The van der Waals surface area contributed by atoms with Crippen LogP contribution in [0, 0.1) is 0 Å². The molecule has 0 fully saturated rings. The Morgan fingerprint density at radius 1 is 1.33 bits per heavy atom. The van der Waals surface area contributed by atoms with Crippen molar-refractivity contribution in [2.75, 3.05) is 5.32 Å². The Balaban J connectivity index is 2.89. The molecule has 1 heterocycles. The van der Waals surface area contributed by atoms with Crippen molar-refractivity contribution in [3.63, 3.8) is 0 Å². The molecule has 0 aliphatic rings. The van der Waals surface area contributed by atoms with Gasteiger partial charge in [-0.2, -0.15) is 13.2 Å². The number of rotatable bonds is 1. The molecule has 0 aromatic carbocycles. The number of alkyl halides is 3. The first-order valence-electron chi connectivity index (χ1n) is 5.12. The molecule has 0 bridgehead atoms. The lowest BCUT2D eigenvalue weighted by Crippen LogP contribution is -2.28. The van der Waals surface area contributed by atoms with Gasteiger partial charge in [0, 0.05) is 6.20 Å². The van der Waals surface area contributed by atoms with Gasteiger partial charge in [-0.3, -0.25) is 5.32 Å². The lowest BCUT2D eigenvalue weighted by Gasteiger charge is -2.20. The number of ether oxygens (including phenoxy) is 1. The van der Waals surface area contributed by atoms with Crippen LogP contribution in [0.15, 0.2) is 18.3 Å². The molecule has 1 rings (SSSR count). The van der Waals surface area contributed by atoms with Crippen molar-refractivity contribution in [3.8, 4) is 0 Å². The van der Waals surface area contributed by atoms with Crippen LogP contribution < -0.4 is 5.32 Å². The van der Waals surface area contributed by atoms with Crippen LogP contribution in [0.1, 0.15) is 26.5 Å². The van der Waals surface area contributed by atoms with Crippen LogP contribution in [0.4, 0.5) is 23.7 Å². The van der Waals surface area contributed by atoms with E-state index in [1.54, 1.807) is 20.8 Å². The van der Waals surface area contributed by atoms with Crippen LogP contribution in [-0.4, -0.2) is 16.7 Å². The minimum Gasteiger partial charge on any atom is -0.444 e. The summed E-state index contributed by atoms with van der Waals surface area (Å²) in [4.78, 5) is 14.6. The van der Waals surface area contributed by atoms with Gasteiger partial charge in [0.25, 0.3) is 0 Å². The maximum absolute atomic E-state index is 12.6. The van der Waals surface area contributed by atoms with E-state index in [-0.39, 0.29) is 0 Å². The SMILES string of the molecule is CC(C)(C)OC(=O)Nc1cccnc1C(F)(F)F. The van der Waals surface area contributed by atoms with Crippen molar-refractivity contribution in [1.29, 1.82) is 0 Å². The normalized spacial score (nSPS) is 12.1. The average Bonchev–Trinajstić information content (AvgIpc) is 2.13. The summed E-state index contributed by atoms with van der Waals surface area (Å²) in [6, 6.07) is 2.40. The average molecular weight is 262 g/mol. The quantitative estimate of drug-likeness (QED) is 0.843. The second kappa shape index (κ2) is 4.83. The molecular weight excluding hydrogens is 249 g/mol. The Labute approximate surface area is 102 Å². The second-order valence-electron chi connectivity index (χ2n) is 4.52. The Morgan fingerprint density at radius 2 is 1.94 bits per heavy atom. The Morgan fingerprint density at radius 3 is 2.44 bits per heavy atom. The molecule has 4 nitrogen and oxygen atoms in total. The molecule has 1 aromatic rings. The molecule has 100 valence electrons. The highest BCUT2D eigenvalue weighted by atomic mass is 19.4. The van der Waals surface area contributed by atoms with E-state index in [0.29, 0.717) is 0 Å². The number of anilines is 1. The second-order valence-corrected chi connectivity index (χ2v) is 4.52. The zero-order chi connectivity index (χ0) is 14.0. The summed E-state index contributed by atoms with van der Waals surface area (Å²) >= 11 is 0. The van der Waals surface area contributed by atoms with Gasteiger partial charge in [0.1, 0.15) is 5.60 Å². The topological polar surface area (TPSA) is 51.2 Å². The third-order valence-electron chi connectivity index (χ3n) is 1.71. The van der Waals surface area contributed by atoms with Crippen LogP contribution >= 0.6 is 0 Å². The van der Waals surface area contributed by atoms with Crippen molar-refractivity contribution in [3.05, 3.63) is 24.0 Å². The van der Waals surface area contributed by atoms with Crippen LogP contribution in [-0.2, 0) is 10.9 Å². The van der Waals surface area contributed by atoms with Crippen LogP contribution in [0.2, 0.25) is 0 Å². The molecule has 7 heteroatoms. The standard InChI is InChI=1S/C11H13F3N2O2/c1-10(2,3)18-9(17)16-7-5-4-6-15-8(7)11(12,13)14/h4-6H,1-3H3,(H,16,17). The predicted molar refractivity (Wildman–Crippen MR) is 59.1 cm³/mol. The van der Waals surface area contributed by atoms with E-state index in [4.69, 9.17) is 4.74 Å². The van der Waals surface area contributed by atoms with Gasteiger partial charge < -0.3 is 4.74 Å². The van der Waals surface area contributed by atoms with E-state index in [2.05, 4.69) is 4.98 Å². The Hall–Kier alpha value is -1.79. The molecule has 0 saturated carbocycles. The molecule has 1 aromatic heterocycles. The molecule has 0 aliphatic heterocycles. The fourth-order valence-corrected chi connectivity index (χ4v) is 1.15. The van der Waals surface area contributed by atoms with Crippen molar-refractivity contribution in [1.82, 2.24) is 4.98 Å². The van der Waals surface area contributed by atoms with Gasteiger partial charge in [-0.1, -0.05) is 0 Å². The predicted octanol–water partition coefficient (Wildman–Crippen LogP) is 3.45. The molecule has 0 aliphatic carbocycles. The van der Waals surface area contributed by atoms with E-state index in [1.807, 2.05) is 5.32 Å². The van der Waals surface area contributed by atoms with Crippen molar-refractivity contribution in [2.45, 2.75) is 32.5 Å². The smallest absolute Gasteiger partial charge is 0.435 e. The van der Waals surface area contributed by atoms with Gasteiger partial charge in [-0.25, -0.2) is 9.78 Å². The monoisotopic (exact) mass is 262 g/mol. The van der Waals surface area contributed by atoms with Gasteiger partial charge >= 0.3 is 12.3 Å². The Kier molecular flexibility index (Phi) is 3.83. The summed E-state index contributed by atoms with van der Waals surface area (Å²) in [5.74, 6) is 0. The van der Waals surface area contributed by atoms with Gasteiger partial charge in [-0.15, -0.1) is 0 Å². The Bertz CT molecular complexity index is 439. The van der Waals surface area contributed by atoms with E-state index in [1.165, 1.54) is 6.07 Å². The molecule has 18 heavy (non-hydrogen) atoms. The number of hydrogen-bond acceptors (Lipinski definition) is 3. The summed E-state index contributed by atoms with van der Waals surface area (Å²) in [7, 11) is 0. The van der Waals surface area contributed by atoms with E-state index in [9.17, 15) is 18.0 Å². The highest BCUT2D eigenvalue weighted by Gasteiger charge is 2.36. The fraction of sp³-hybridized carbons (Fsp3) is 0.455. The largest absolute Gasteiger partial charge is 0.444 e. The third kappa shape index (κ3) is 4.23. The molecule has 1 amide bonds. The van der Waals surface area contributed by atoms with Crippen molar-refractivity contribution in [2.24, 2.45) is 0 Å². The van der Waals surface area contributed by atoms with E-state index in [0.717, 1.165) is 12.3 Å². The first kappa shape index (κ1) is 14.3. The van der Waals surface area contributed by atoms with Gasteiger partial charge in [0.05, 0.1) is 5.69 Å². The first-order chi connectivity index (χ1) is 8.09. The highest BCUT2D eigenvalue weighted by Crippen LogP contribution is 2.32. The summed E-state index contributed by atoms with van der Waals surface area (Å²) in [6.45, 7) is 4.83. The lowest BCUT2D eigenvalue weighted by atomic mass is 10.2. The number of pyridine rings is 1. The number of amides is 1. The minimum atomic E-state index is -4.63. The lowest BCUT2D eigenvalue weighted by molar-refractivity contribution is -0.140. The number of aromatic nitrogens is 1. The summed E-state index contributed by atoms with van der Waals surface area (Å²) in [5.41, 5.74) is -2.37. The maximum Gasteiger partial charge on any atom is 0.435 e.